The van der Waals surface area contributed by atoms with Gasteiger partial charge in [-0.25, -0.2) is 4.98 Å². The summed E-state index contributed by atoms with van der Waals surface area (Å²) in [6.07, 6.45) is 2.11. The first-order valence-electron chi connectivity index (χ1n) is 7.51. The molecule has 0 spiro atoms. The first-order chi connectivity index (χ1) is 10.6. The van der Waals surface area contributed by atoms with Crippen LogP contribution in [-0.4, -0.2) is 52.9 Å². The lowest BCUT2D eigenvalue weighted by molar-refractivity contribution is -0.131. The van der Waals surface area contributed by atoms with Gasteiger partial charge in [-0.05, 0) is 26.6 Å². The predicted molar refractivity (Wildman–Crippen MR) is 87.4 cm³/mol. The quantitative estimate of drug-likeness (QED) is 0.849. The number of H-pyrrole nitrogens is 1. The molecule has 0 bridgehead atoms. The molecule has 0 saturated heterocycles. The van der Waals surface area contributed by atoms with Crippen LogP contribution in [0.2, 0.25) is 0 Å². The van der Waals surface area contributed by atoms with Crippen molar-refractivity contribution < 1.29 is 4.79 Å². The number of amides is 1. The molecule has 2 rings (SSSR count). The first-order valence-corrected chi connectivity index (χ1v) is 7.51. The summed E-state index contributed by atoms with van der Waals surface area (Å²) in [4.78, 5) is 24.0. The van der Waals surface area contributed by atoms with Crippen molar-refractivity contribution in [3.05, 3.63) is 53.6 Å². The third kappa shape index (κ3) is 4.70. The average Bonchev–Trinajstić information content (AvgIpc) is 2.89. The molecule has 22 heavy (non-hydrogen) atoms. The highest BCUT2D eigenvalue weighted by Gasteiger charge is 2.16. The Morgan fingerprint density at radius 1 is 1.18 bits per heavy atom. The number of nitrogens with one attached hydrogen (secondary N) is 1. The maximum atomic E-state index is 12.6. The molecule has 0 radical (unpaired) electrons. The zero-order valence-electron chi connectivity index (χ0n) is 13.5. The number of hydrogen-bond acceptors (Lipinski definition) is 3. The van der Waals surface area contributed by atoms with E-state index in [2.05, 4.69) is 14.9 Å². The smallest absolute Gasteiger partial charge is 0.227 e. The molecule has 118 valence electrons. The fourth-order valence-electron chi connectivity index (χ4n) is 2.22. The number of aryl methyl sites for hydroxylation is 1. The highest BCUT2D eigenvalue weighted by Crippen LogP contribution is 2.09. The van der Waals surface area contributed by atoms with Crippen LogP contribution in [-0.2, 0) is 17.8 Å². The van der Waals surface area contributed by atoms with E-state index < -0.39 is 0 Å². The Kier molecular flexibility index (Phi) is 5.72. The van der Waals surface area contributed by atoms with Crippen LogP contribution in [0.1, 0.15) is 17.0 Å². The van der Waals surface area contributed by atoms with Crippen molar-refractivity contribution in [2.75, 3.05) is 27.2 Å². The van der Waals surface area contributed by atoms with Crippen molar-refractivity contribution in [3.8, 4) is 0 Å². The minimum atomic E-state index is 0.135. The van der Waals surface area contributed by atoms with E-state index in [4.69, 9.17) is 0 Å². The lowest BCUT2D eigenvalue weighted by Crippen LogP contribution is -2.37. The number of carbonyl (C=O) groups excluding carboxylic acids is 1. The van der Waals surface area contributed by atoms with Crippen molar-refractivity contribution in [3.63, 3.8) is 0 Å². The zero-order valence-corrected chi connectivity index (χ0v) is 13.5. The van der Waals surface area contributed by atoms with Crippen molar-refractivity contribution >= 4 is 5.91 Å². The molecule has 0 saturated carbocycles. The second-order valence-corrected chi connectivity index (χ2v) is 5.76. The van der Waals surface area contributed by atoms with Crippen molar-refractivity contribution in [1.29, 1.82) is 0 Å². The van der Waals surface area contributed by atoms with Gasteiger partial charge in [0.2, 0.25) is 5.91 Å². The summed E-state index contributed by atoms with van der Waals surface area (Å²) >= 11 is 0. The average molecular weight is 300 g/mol. The van der Waals surface area contributed by atoms with E-state index in [1.807, 2.05) is 56.3 Å². The van der Waals surface area contributed by atoms with Gasteiger partial charge in [0.05, 0.1) is 25.0 Å². The minimum absolute atomic E-state index is 0.135. The van der Waals surface area contributed by atoms with Crippen molar-refractivity contribution in [1.82, 2.24) is 19.8 Å². The van der Waals surface area contributed by atoms with Crippen LogP contribution < -0.4 is 0 Å². The Morgan fingerprint density at radius 2 is 1.91 bits per heavy atom. The Hall–Kier alpha value is -2.14. The van der Waals surface area contributed by atoms with Gasteiger partial charge in [-0.1, -0.05) is 30.3 Å². The molecule has 0 aliphatic rings. The summed E-state index contributed by atoms with van der Waals surface area (Å²) in [6.45, 7) is 4.07. The van der Waals surface area contributed by atoms with E-state index in [0.717, 1.165) is 23.5 Å². The number of aromatic amines is 1. The monoisotopic (exact) mass is 300 g/mol. The molecule has 5 heteroatoms. The summed E-state index contributed by atoms with van der Waals surface area (Å²) in [5.41, 5.74) is 2.99. The van der Waals surface area contributed by atoms with Crippen LogP contribution >= 0.6 is 0 Å². The normalized spacial score (nSPS) is 10.9. The Balaban J connectivity index is 2.05. The van der Waals surface area contributed by atoms with Crippen LogP contribution in [0.25, 0.3) is 0 Å². The van der Waals surface area contributed by atoms with E-state index in [-0.39, 0.29) is 5.91 Å². The van der Waals surface area contributed by atoms with Gasteiger partial charge in [0.1, 0.15) is 0 Å². The molecule has 2 aromatic rings. The number of carbonyl (C=O) groups is 1. The maximum Gasteiger partial charge on any atom is 0.227 e. The summed E-state index contributed by atoms with van der Waals surface area (Å²) in [5.74, 6) is 0.135. The molecule has 0 aliphatic carbocycles. The zero-order chi connectivity index (χ0) is 15.9. The number of hydrogen-bond donors (Lipinski definition) is 1. The molecular formula is C17H24N4O. The topological polar surface area (TPSA) is 52.2 Å². The summed E-state index contributed by atoms with van der Waals surface area (Å²) in [7, 11) is 4.03. The maximum absolute atomic E-state index is 12.6. The lowest BCUT2D eigenvalue weighted by atomic mass is 10.1. The van der Waals surface area contributed by atoms with Crippen LogP contribution in [0, 0.1) is 6.92 Å². The van der Waals surface area contributed by atoms with Gasteiger partial charge in [0, 0.05) is 18.8 Å². The van der Waals surface area contributed by atoms with Gasteiger partial charge < -0.3 is 14.8 Å². The van der Waals surface area contributed by atoms with Gasteiger partial charge in [0.15, 0.2) is 0 Å². The third-order valence-corrected chi connectivity index (χ3v) is 3.64. The molecule has 1 N–H and O–H groups in total. The number of rotatable bonds is 7. The van der Waals surface area contributed by atoms with Gasteiger partial charge >= 0.3 is 0 Å². The minimum Gasteiger partial charge on any atom is -0.348 e. The Labute approximate surface area is 132 Å². The van der Waals surface area contributed by atoms with E-state index in [0.29, 0.717) is 19.5 Å². The number of aromatic nitrogens is 2. The largest absolute Gasteiger partial charge is 0.348 e. The number of imidazole rings is 1. The van der Waals surface area contributed by atoms with Crippen LogP contribution in [0.3, 0.4) is 0 Å². The molecule has 1 aromatic carbocycles. The van der Waals surface area contributed by atoms with E-state index in [9.17, 15) is 4.79 Å². The predicted octanol–water partition coefficient (Wildman–Crippen LogP) is 1.85. The molecule has 0 unspecified atom stereocenters. The number of benzene rings is 1. The molecule has 1 aromatic heterocycles. The van der Waals surface area contributed by atoms with Crippen LogP contribution in [0.5, 0.6) is 0 Å². The highest BCUT2D eigenvalue weighted by atomic mass is 16.2. The van der Waals surface area contributed by atoms with Gasteiger partial charge in [-0.15, -0.1) is 0 Å². The first kappa shape index (κ1) is 16.2. The van der Waals surface area contributed by atoms with Crippen molar-refractivity contribution in [2.45, 2.75) is 19.9 Å². The van der Waals surface area contributed by atoms with E-state index in [1.165, 1.54) is 0 Å². The van der Waals surface area contributed by atoms with Crippen LogP contribution in [0.4, 0.5) is 0 Å². The molecule has 0 atom stereocenters. The standard InChI is InChI=1S/C17H24N4O/c1-14-16(19-13-18-14)12-21(10-9-20(2)3)17(22)11-15-7-5-4-6-8-15/h4-8,13H,9-12H2,1-3H3,(H,18,19). The molecule has 5 nitrogen and oxygen atoms in total. The van der Waals surface area contributed by atoms with E-state index in [1.54, 1.807) is 6.33 Å². The number of nitrogens with zero attached hydrogens (tertiary/aromatic N) is 3. The lowest BCUT2D eigenvalue weighted by Gasteiger charge is -2.24. The SMILES string of the molecule is Cc1[nH]cnc1CN(CCN(C)C)C(=O)Cc1ccccc1. The van der Waals surface area contributed by atoms with E-state index >= 15 is 0 Å². The number of likely N-dealkylation sites (N-methyl/N-ethyl adjacent to an activating group) is 1. The molecule has 0 aliphatic heterocycles. The van der Waals surface area contributed by atoms with Crippen molar-refractivity contribution in [2.24, 2.45) is 0 Å². The Bertz CT molecular complexity index is 592. The second kappa shape index (κ2) is 7.75. The summed E-state index contributed by atoms with van der Waals surface area (Å²) in [5, 5.41) is 0. The summed E-state index contributed by atoms with van der Waals surface area (Å²) < 4.78 is 0. The molecule has 1 amide bonds. The van der Waals surface area contributed by atoms with Crippen LogP contribution in [0.15, 0.2) is 36.7 Å². The molecule has 1 heterocycles. The van der Waals surface area contributed by atoms with Gasteiger partial charge in [-0.2, -0.15) is 0 Å². The van der Waals surface area contributed by atoms with Gasteiger partial charge in [0.25, 0.3) is 0 Å². The third-order valence-electron chi connectivity index (χ3n) is 3.64. The second-order valence-electron chi connectivity index (χ2n) is 5.76. The Morgan fingerprint density at radius 3 is 2.50 bits per heavy atom. The highest BCUT2D eigenvalue weighted by molar-refractivity contribution is 5.78. The summed E-state index contributed by atoms with van der Waals surface area (Å²) in [6, 6.07) is 9.86. The molecule has 0 fully saturated rings. The molecular weight excluding hydrogens is 276 g/mol. The van der Waals surface area contributed by atoms with Gasteiger partial charge in [-0.3, -0.25) is 4.79 Å². The fourth-order valence-corrected chi connectivity index (χ4v) is 2.22. The fraction of sp³-hybridized carbons (Fsp3) is 0.412.